The quantitative estimate of drug-likeness (QED) is 0.864. The maximum Gasteiger partial charge on any atom is 0.204 e. The van der Waals surface area contributed by atoms with Crippen LogP contribution in [-0.2, 0) is 9.53 Å². The fourth-order valence-corrected chi connectivity index (χ4v) is 4.85. The second kappa shape index (κ2) is 6.99. The molecule has 0 unspecified atom stereocenters. The second-order valence-electron chi connectivity index (χ2n) is 7.64. The van der Waals surface area contributed by atoms with Crippen molar-refractivity contribution >= 4 is 5.78 Å². The van der Waals surface area contributed by atoms with E-state index in [9.17, 15) is 10.1 Å². The normalized spacial score (nSPS) is 27.0. The molecule has 134 valence electrons. The number of carbonyl (C=O) groups is 1. The minimum atomic E-state index is -0.173. The summed E-state index contributed by atoms with van der Waals surface area (Å²) < 4.78 is 5.83. The molecule has 0 bridgehead atoms. The number of rotatable bonds is 2. The van der Waals surface area contributed by atoms with Crippen LogP contribution in [0.25, 0.3) is 0 Å². The third kappa shape index (κ3) is 2.92. The maximum absolute atomic E-state index is 13.1. The first-order valence-corrected chi connectivity index (χ1v) is 9.57. The van der Waals surface area contributed by atoms with E-state index in [1.165, 1.54) is 6.42 Å². The monoisotopic (exact) mass is 348 g/mol. The van der Waals surface area contributed by atoms with Crippen LogP contribution in [0.1, 0.15) is 56.4 Å². The summed E-state index contributed by atoms with van der Waals surface area (Å²) in [6.45, 7) is 0. The number of benzene rings is 1. The van der Waals surface area contributed by atoms with Gasteiger partial charge in [0.2, 0.25) is 5.88 Å². The summed E-state index contributed by atoms with van der Waals surface area (Å²) in [5, 5.41) is 9.67. The van der Waals surface area contributed by atoms with Gasteiger partial charge in [0, 0.05) is 24.3 Å². The van der Waals surface area contributed by atoms with Gasteiger partial charge in [-0.3, -0.25) is 4.79 Å². The smallest absolute Gasteiger partial charge is 0.204 e. The summed E-state index contributed by atoms with van der Waals surface area (Å²) in [6, 6.07) is 12.3. The van der Waals surface area contributed by atoms with Crippen molar-refractivity contribution in [1.29, 1.82) is 5.26 Å². The summed E-state index contributed by atoms with van der Waals surface area (Å²) >= 11 is 0. The Labute approximate surface area is 154 Å². The zero-order chi connectivity index (χ0) is 18.1. The molecule has 2 atom stereocenters. The first-order chi connectivity index (χ1) is 12.7. The lowest BCUT2D eigenvalue weighted by Gasteiger charge is -2.38. The number of ketones is 1. The molecular weight excluding hydrogens is 324 g/mol. The molecule has 1 saturated carbocycles. The van der Waals surface area contributed by atoms with E-state index in [1.807, 2.05) is 18.2 Å². The van der Waals surface area contributed by atoms with Crippen molar-refractivity contribution in [3.05, 3.63) is 58.7 Å². The van der Waals surface area contributed by atoms with E-state index in [0.29, 0.717) is 30.1 Å². The number of ether oxygens (including phenoxy) is 1. The summed E-state index contributed by atoms with van der Waals surface area (Å²) in [6.07, 6.45) is 6.80. The highest BCUT2D eigenvalue weighted by Crippen LogP contribution is 2.47. The second-order valence-corrected chi connectivity index (χ2v) is 7.64. The van der Waals surface area contributed by atoms with Gasteiger partial charge in [-0.2, -0.15) is 5.26 Å². The molecule has 4 heteroatoms. The largest absolute Gasteiger partial charge is 0.444 e. The highest BCUT2D eigenvalue weighted by molar-refractivity contribution is 5.99. The lowest BCUT2D eigenvalue weighted by atomic mass is 9.68. The third-order valence-electron chi connectivity index (χ3n) is 6.10. The number of carbonyl (C=O) groups excluding carboxylic acids is 1. The number of nitrogens with zero attached hydrogens (tertiary/aromatic N) is 1. The van der Waals surface area contributed by atoms with Crippen molar-refractivity contribution in [3.63, 3.8) is 0 Å². The fraction of sp³-hybridized carbons (Fsp3) is 0.455. The lowest BCUT2D eigenvalue weighted by molar-refractivity contribution is -0.117. The van der Waals surface area contributed by atoms with E-state index in [-0.39, 0.29) is 23.5 Å². The summed E-state index contributed by atoms with van der Waals surface area (Å²) in [7, 11) is 0. The van der Waals surface area contributed by atoms with E-state index in [2.05, 4.69) is 18.2 Å². The van der Waals surface area contributed by atoms with Gasteiger partial charge in [0.15, 0.2) is 5.78 Å². The molecule has 4 nitrogen and oxygen atoms in total. The lowest BCUT2D eigenvalue weighted by Crippen LogP contribution is -2.35. The van der Waals surface area contributed by atoms with Crippen LogP contribution in [0.3, 0.4) is 0 Å². The summed E-state index contributed by atoms with van der Waals surface area (Å²) in [5.74, 6) is 1.28. The Morgan fingerprint density at radius 1 is 1.08 bits per heavy atom. The third-order valence-corrected chi connectivity index (χ3v) is 6.10. The van der Waals surface area contributed by atoms with Crippen LogP contribution >= 0.6 is 0 Å². The minimum Gasteiger partial charge on any atom is -0.444 e. The molecule has 1 aromatic carbocycles. The fourth-order valence-electron chi connectivity index (χ4n) is 4.85. The van der Waals surface area contributed by atoms with Crippen molar-refractivity contribution < 1.29 is 9.53 Å². The van der Waals surface area contributed by atoms with Gasteiger partial charge in [0.25, 0.3) is 0 Å². The molecule has 2 N–H and O–H groups in total. The Morgan fingerprint density at radius 3 is 2.50 bits per heavy atom. The van der Waals surface area contributed by atoms with Crippen LogP contribution < -0.4 is 5.73 Å². The van der Waals surface area contributed by atoms with Crippen LogP contribution in [-0.4, -0.2) is 5.78 Å². The van der Waals surface area contributed by atoms with Gasteiger partial charge in [-0.25, -0.2) is 0 Å². The highest BCUT2D eigenvalue weighted by atomic mass is 16.5. The molecule has 1 aromatic rings. The van der Waals surface area contributed by atoms with E-state index in [4.69, 9.17) is 10.5 Å². The van der Waals surface area contributed by atoms with E-state index >= 15 is 0 Å². The first-order valence-electron chi connectivity index (χ1n) is 9.57. The number of hydrogen-bond donors (Lipinski definition) is 1. The molecule has 0 spiro atoms. The van der Waals surface area contributed by atoms with E-state index < -0.39 is 0 Å². The SMILES string of the molecule is N#CC1=C(N)OC2=C(C(=O)C[C@H](c3ccccc3)C2)[C@@H]1C1CCCCC1. The van der Waals surface area contributed by atoms with Crippen LogP contribution in [0, 0.1) is 23.2 Å². The van der Waals surface area contributed by atoms with Crippen molar-refractivity contribution in [2.45, 2.75) is 50.9 Å². The van der Waals surface area contributed by atoms with E-state index in [1.54, 1.807) is 0 Å². The average molecular weight is 348 g/mol. The first kappa shape index (κ1) is 16.9. The number of nitriles is 1. The molecule has 0 radical (unpaired) electrons. The van der Waals surface area contributed by atoms with Crippen LogP contribution in [0.2, 0.25) is 0 Å². The summed E-state index contributed by atoms with van der Waals surface area (Å²) in [5.41, 5.74) is 8.46. The van der Waals surface area contributed by atoms with Crippen LogP contribution in [0.15, 0.2) is 53.1 Å². The molecule has 3 aliphatic rings. The minimum absolute atomic E-state index is 0.117. The Morgan fingerprint density at radius 2 is 1.81 bits per heavy atom. The predicted molar refractivity (Wildman–Crippen MR) is 98.4 cm³/mol. The molecule has 2 aliphatic carbocycles. The van der Waals surface area contributed by atoms with Gasteiger partial charge in [0.05, 0.1) is 5.57 Å². The molecule has 1 heterocycles. The number of hydrogen-bond acceptors (Lipinski definition) is 4. The van der Waals surface area contributed by atoms with Gasteiger partial charge in [0.1, 0.15) is 11.8 Å². The Bertz CT molecular complexity index is 810. The topological polar surface area (TPSA) is 76.1 Å². The van der Waals surface area contributed by atoms with Gasteiger partial charge in [-0.05, 0) is 30.2 Å². The number of Topliss-reactive ketones (excluding diaryl/α,β-unsaturated/α-hetero) is 1. The zero-order valence-electron chi connectivity index (χ0n) is 14.9. The average Bonchev–Trinajstić information content (AvgIpc) is 2.68. The maximum atomic E-state index is 13.1. The van der Waals surface area contributed by atoms with Crippen LogP contribution in [0.5, 0.6) is 0 Å². The van der Waals surface area contributed by atoms with Gasteiger partial charge >= 0.3 is 0 Å². The van der Waals surface area contributed by atoms with Gasteiger partial charge in [-0.1, -0.05) is 49.6 Å². The van der Waals surface area contributed by atoms with Crippen molar-refractivity contribution in [2.24, 2.45) is 17.6 Å². The number of nitrogens with two attached hydrogens (primary N) is 1. The van der Waals surface area contributed by atoms with Gasteiger partial charge < -0.3 is 10.5 Å². The predicted octanol–water partition coefficient (Wildman–Crippen LogP) is 4.31. The molecule has 4 rings (SSSR count). The van der Waals surface area contributed by atoms with Crippen LogP contribution in [0.4, 0.5) is 0 Å². The molecule has 1 aliphatic heterocycles. The molecule has 0 amide bonds. The van der Waals surface area contributed by atoms with Crippen molar-refractivity contribution in [3.8, 4) is 6.07 Å². The zero-order valence-corrected chi connectivity index (χ0v) is 14.9. The van der Waals surface area contributed by atoms with Crippen molar-refractivity contribution in [1.82, 2.24) is 0 Å². The molecule has 1 fully saturated rings. The number of allylic oxidation sites excluding steroid dienone is 3. The molecule has 0 saturated heterocycles. The molecular formula is C22H24N2O2. The van der Waals surface area contributed by atoms with Gasteiger partial charge in [-0.15, -0.1) is 0 Å². The summed E-state index contributed by atoms with van der Waals surface area (Å²) in [4.78, 5) is 13.1. The molecule has 26 heavy (non-hydrogen) atoms. The molecule has 0 aromatic heterocycles. The Balaban J connectivity index is 1.71. The van der Waals surface area contributed by atoms with Crippen molar-refractivity contribution in [2.75, 3.05) is 0 Å². The van der Waals surface area contributed by atoms with E-state index in [0.717, 1.165) is 36.8 Å². The Kier molecular flexibility index (Phi) is 4.55. The standard InChI is InChI=1S/C22H24N2O2/c23-13-17-20(15-9-5-2-6-10-15)21-18(25)11-16(12-19(21)26-22(17)24)14-7-3-1-4-8-14/h1,3-4,7-8,15-16,20H,2,5-6,9-12,24H2/t16-,20+/m0/s1. The Hall–Kier alpha value is -2.54. The highest BCUT2D eigenvalue weighted by Gasteiger charge is 2.43.